The Morgan fingerprint density at radius 2 is 2.08 bits per heavy atom. The minimum atomic E-state index is -0.662. The summed E-state index contributed by atoms with van der Waals surface area (Å²) in [4.78, 5) is 28.6. The van der Waals surface area contributed by atoms with Crippen LogP contribution in [0.1, 0.15) is 28.9 Å². The van der Waals surface area contributed by atoms with Crippen molar-refractivity contribution in [3.63, 3.8) is 0 Å². The Balaban J connectivity index is 1.94. The lowest BCUT2D eigenvalue weighted by Gasteiger charge is -2.37. The molecule has 1 aliphatic heterocycles. The molecule has 1 aliphatic rings. The zero-order chi connectivity index (χ0) is 18.7. The minimum Gasteiger partial charge on any atom is -0.465 e. The summed E-state index contributed by atoms with van der Waals surface area (Å²) in [6.45, 7) is 2.81. The summed E-state index contributed by atoms with van der Waals surface area (Å²) >= 11 is 0. The molecule has 136 valence electrons. The van der Waals surface area contributed by atoms with Crippen molar-refractivity contribution in [2.45, 2.75) is 19.1 Å². The molecule has 0 N–H and O–H groups in total. The molecule has 26 heavy (non-hydrogen) atoms. The Morgan fingerprint density at radius 1 is 1.35 bits per heavy atom. The average molecular weight is 357 g/mol. The van der Waals surface area contributed by atoms with Crippen LogP contribution in [-0.4, -0.2) is 42.2 Å². The molecule has 1 aromatic heterocycles. The highest BCUT2D eigenvalue weighted by Gasteiger charge is 2.32. The molecule has 1 saturated heterocycles. The van der Waals surface area contributed by atoms with Crippen molar-refractivity contribution in [3.05, 3.63) is 63.8 Å². The van der Waals surface area contributed by atoms with E-state index in [2.05, 4.69) is 9.72 Å². The standard InChI is InChI=1S/C18H19N3O5/c1-12-10-20(11-16(26-12)13-6-4-3-5-7-13)17-15(21(23)24)8-14(9-19-17)18(22)25-2/h3-9,12,16H,10-11H2,1-2H3. The van der Waals surface area contributed by atoms with Crippen LogP contribution in [0.2, 0.25) is 0 Å². The Labute approximate surface area is 150 Å². The summed E-state index contributed by atoms with van der Waals surface area (Å²) in [6, 6.07) is 10.9. The minimum absolute atomic E-state index is 0.0452. The number of anilines is 1. The van der Waals surface area contributed by atoms with E-state index in [1.165, 1.54) is 19.4 Å². The quantitative estimate of drug-likeness (QED) is 0.472. The van der Waals surface area contributed by atoms with Gasteiger partial charge in [0.15, 0.2) is 0 Å². The molecule has 2 unspecified atom stereocenters. The van der Waals surface area contributed by atoms with Gasteiger partial charge in [0, 0.05) is 18.8 Å². The lowest BCUT2D eigenvalue weighted by molar-refractivity contribution is -0.384. The monoisotopic (exact) mass is 357 g/mol. The predicted octanol–water partition coefficient (Wildman–Crippen LogP) is 2.74. The number of nitro groups is 1. The Morgan fingerprint density at radius 3 is 2.73 bits per heavy atom. The van der Waals surface area contributed by atoms with E-state index in [9.17, 15) is 14.9 Å². The van der Waals surface area contributed by atoms with Gasteiger partial charge in [-0.1, -0.05) is 30.3 Å². The smallest absolute Gasteiger partial charge is 0.339 e. The molecule has 0 aliphatic carbocycles. The summed E-state index contributed by atoms with van der Waals surface area (Å²) in [5.41, 5.74) is 0.815. The van der Waals surface area contributed by atoms with Gasteiger partial charge in [-0.15, -0.1) is 0 Å². The predicted molar refractivity (Wildman–Crippen MR) is 94.2 cm³/mol. The van der Waals surface area contributed by atoms with Crippen LogP contribution in [0.15, 0.2) is 42.6 Å². The maximum absolute atomic E-state index is 11.6. The fraction of sp³-hybridized carbons (Fsp3) is 0.333. The van der Waals surface area contributed by atoms with Crippen LogP contribution in [0.25, 0.3) is 0 Å². The van der Waals surface area contributed by atoms with Crippen LogP contribution in [0.3, 0.4) is 0 Å². The molecule has 1 aromatic carbocycles. The van der Waals surface area contributed by atoms with Crippen LogP contribution >= 0.6 is 0 Å². The lowest BCUT2D eigenvalue weighted by Crippen LogP contribution is -2.43. The maximum Gasteiger partial charge on any atom is 0.339 e. The molecule has 1 fully saturated rings. The van der Waals surface area contributed by atoms with Crippen LogP contribution in [0.4, 0.5) is 11.5 Å². The van der Waals surface area contributed by atoms with Crippen molar-refractivity contribution < 1.29 is 19.2 Å². The lowest BCUT2D eigenvalue weighted by atomic mass is 10.1. The van der Waals surface area contributed by atoms with Crippen molar-refractivity contribution >= 4 is 17.5 Å². The molecule has 0 radical (unpaired) electrons. The first-order valence-corrected chi connectivity index (χ1v) is 8.17. The topological polar surface area (TPSA) is 94.8 Å². The van der Waals surface area contributed by atoms with Gasteiger partial charge >= 0.3 is 11.7 Å². The molecule has 8 nitrogen and oxygen atoms in total. The Hall–Kier alpha value is -3.00. The van der Waals surface area contributed by atoms with E-state index in [1.54, 1.807) is 0 Å². The van der Waals surface area contributed by atoms with Crippen molar-refractivity contribution in [2.24, 2.45) is 0 Å². The first-order chi connectivity index (χ1) is 12.5. The van der Waals surface area contributed by atoms with E-state index in [-0.39, 0.29) is 29.3 Å². The highest BCUT2D eigenvalue weighted by molar-refractivity contribution is 5.90. The Kier molecular flexibility index (Phi) is 5.13. The summed E-state index contributed by atoms with van der Waals surface area (Å²) in [6.07, 6.45) is 0.948. The van der Waals surface area contributed by atoms with Gasteiger partial charge in [0.1, 0.15) is 6.10 Å². The molecule has 2 heterocycles. The van der Waals surface area contributed by atoms with Gasteiger partial charge < -0.3 is 14.4 Å². The number of rotatable bonds is 4. The average Bonchev–Trinajstić information content (AvgIpc) is 2.67. The first kappa shape index (κ1) is 17.8. The number of hydrogen-bond donors (Lipinski definition) is 0. The van der Waals surface area contributed by atoms with Gasteiger partial charge in [-0.3, -0.25) is 10.1 Å². The van der Waals surface area contributed by atoms with E-state index in [1.807, 2.05) is 42.2 Å². The number of morpholine rings is 1. The third-order valence-electron chi connectivity index (χ3n) is 4.20. The van der Waals surface area contributed by atoms with Gasteiger partial charge in [-0.2, -0.15) is 0 Å². The number of carbonyl (C=O) groups is 1. The van der Waals surface area contributed by atoms with Crippen LogP contribution in [0, 0.1) is 10.1 Å². The van der Waals surface area contributed by atoms with Crippen LogP contribution in [-0.2, 0) is 9.47 Å². The molecule has 2 atom stereocenters. The van der Waals surface area contributed by atoms with Gasteiger partial charge in [-0.05, 0) is 12.5 Å². The third-order valence-corrected chi connectivity index (χ3v) is 4.20. The van der Waals surface area contributed by atoms with Crippen molar-refractivity contribution in [2.75, 3.05) is 25.1 Å². The van der Waals surface area contributed by atoms with Gasteiger partial charge in [0.05, 0.1) is 30.2 Å². The fourth-order valence-electron chi connectivity index (χ4n) is 3.03. The molecule has 8 heteroatoms. The number of methoxy groups -OCH3 is 1. The zero-order valence-corrected chi connectivity index (χ0v) is 14.5. The SMILES string of the molecule is COC(=O)c1cnc(N2CC(C)OC(c3ccccc3)C2)c([N+](=O)[O-])c1. The number of esters is 1. The second-order valence-electron chi connectivity index (χ2n) is 6.07. The highest BCUT2D eigenvalue weighted by Crippen LogP contribution is 2.33. The molecule has 2 aromatic rings. The van der Waals surface area contributed by atoms with E-state index >= 15 is 0 Å². The fourth-order valence-corrected chi connectivity index (χ4v) is 3.03. The largest absolute Gasteiger partial charge is 0.465 e. The Bertz CT molecular complexity index is 812. The molecule has 0 amide bonds. The number of pyridine rings is 1. The number of carbonyl (C=O) groups excluding carboxylic acids is 1. The summed E-state index contributed by atoms with van der Waals surface area (Å²) in [5, 5.41) is 11.5. The van der Waals surface area contributed by atoms with Gasteiger partial charge in [0.2, 0.25) is 5.82 Å². The maximum atomic E-state index is 11.6. The van der Waals surface area contributed by atoms with E-state index in [0.29, 0.717) is 13.1 Å². The molecular weight excluding hydrogens is 338 g/mol. The van der Waals surface area contributed by atoms with Crippen molar-refractivity contribution in [1.82, 2.24) is 4.98 Å². The summed E-state index contributed by atoms with van der Waals surface area (Å²) in [7, 11) is 1.22. The number of benzene rings is 1. The normalized spacial score (nSPS) is 19.8. The number of nitrogens with zero attached hydrogens (tertiary/aromatic N) is 3. The molecule has 3 rings (SSSR count). The highest BCUT2D eigenvalue weighted by atomic mass is 16.6. The second-order valence-corrected chi connectivity index (χ2v) is 6.07. The molecule has 0 saturated carbocycles. The molecule has 0 bridgehead atoms. The van der Waals surface area contributed by atoms with Crippen LogP contribution < -0.4 is 4.90 Å². The molecular formula is C18H19N3O5. The van der Waals surface area contributed by atoms with E-state index in [4.69, 9.17) is 4.74 Å². The van der Waals surface area contributed by atoms with E-state index in [0.717, 1.165) is 5.56 Å². The zero-order valence-electron chi connectivity index (χ0n) is 14.5. The van der Waals surface area contributed by atoms with Gasteiger partial charge in [-0.25, -0.2) is 9.78 Å². The van der Waals surface area contributed by atoms with Crippen molar-refractivity contribution in [1.29, 1.82) is 0 Å². The number of aromatic nitrogens is 1. The third kappa shape index (κ3) is 3.65. The number of hydrogen-bond acceptors (Lipinski definition) is 7. The second kappa shape index (κ2) is 7.49. The summed E-state index contributed by atoms with van der Waals surface area (Å²) in [5.74, 6) is -0.441. The number of ether oxygens (including phenoxy) is 2. The van der Waals surface area contributed by atoms with Gasteiger partial charge in [0.25, 0.3) is 0 Å². The van der Waals surface area contributed by atoms with Crippen LogP contribution in [0.5, 0.6) is 0 Å². The van der Waals surface area contributed by atoms with Crippen molar-refractivity contribution in [3.8, 4) is 0 Å². The molecule has 0 spiro atoms. The van der Waals surface area contributed by atoms with E-state index < -0.39 is 10.9 Å². The summed E-state index contributed by atoms with van der Waals surface area (Å²) < 4.78 is 10.6. The first-order valence-electron chi connectivity index (χ1n) is 8.17.